The van der Waals surface area contributed by atoms with Gasteiger partial charge in [0.15, 0.2) is 5.70 Å². The van der Waals surface area contributed by atoms with Crippen LogP contribution in [0.4, 0.5) is 0 Å². The highest BCUT2D eigenvalue weighted by Gasteiger charge is 2.26. The Labute approximate surface area is 154 Å². The van der Waals surface area contributed by atoms with Crippen molar-refractivity contribution in [2.24, 2.45) is 4.99 Å². The van der Waals surface area contributed by atoms with Crippen molar-refractivity contribution in [2.75, 3.05) is 14.2 Å². The van der Waals surface area contributed by atoms with Gasteiger partial charge in [0.1, 0.15) is 11.5 Å². The molecule has 0 fully saturated rings. The zero-order valence-electron chi connectivity index (χ0n) is 13.4. The van der Waals surface area contributed by atoms with Gasteiger partial charge in [-0.1, -0.05) is 23.2 Å². The smallest absolute Gasteiger partial charge is 0.363 e. The normalized spacial score (nSPS) is 15.1. The standard InChI is InChI=1S/C18H13Cl2NO4/c1-23-12-4-6-16(24-2)10(7-12)8-15-18(22)25-17(21-15)13-9-11(19)3-5-14(13)20/h3-9H,1-2H3/b15-8-. The van der Waals surface area contributed by atoms with Gasteiger partial charge < -0.3 is 14.2 Å². The number of hydrogen-bond acceptors (Lipinski definition) is 5. The van der Waals surface area contributed by atoms with Crippen LogP contribution in [0.25, 0.3) is 6.08 Å². The molecule has 7 heteroatoms. The Morgan fingerprint density at radius 2 is 1.88 bits per heavy atom. The van der Waals surface area contributed by atoms with Crippen LogP contribution in [-0.4, -0.2) is 26.1 Å². The largest absolute Gasteiger partial charge is 0.497 e. The SMILES string of the molecule is COc1ccc(OC)c(/C=C2\N=C(c3cc(Cl)ccc3Cl)OC2=O)c1. The third kappa shape index (κ3) is 3.62. The van der Waals surface area contributed by atoms with Gasteiger partial charge >= 0.3 is 5.97 Å². The quantitative estimate of drug-likeness (QED) is 0.586. The molecule has 0 aromatic heterocycles. The minimum absolute atomic E-state index is 0.102. The number of carbonyl (C=O) groups is 1. The first-order chi connectivity index (χ1) is 12.0. The summed E-state index contributed by atoms with van der Waals surface area (Å²) in [6.07, 6.45) is 1.56. The molecule has 0 spiro atoms. The van der Waals surface area contributed by atoms with Crippen LogP contribution in [0.1, 0.15) is 11.1 Å². The van der Waals surface area contributed by atoms with Crippen molar-refractivity contribution in [1.29, 1.82) is 0 Å². The molecule has 0 unspecified atom stereocenters. The number of halogens is 2. The van der Waals surface area contributed by atoms with E-state index in [-0.39, 0.29) is 11.6 Å². The summed E-state index contributed by atoms with van der Waals surface area (Å²) in [5, 5.41) is 0.848. The monoisotopic (exact) mass is 377 g/mol. The Bertz CT molecular complexity index is 906. The number of methoxy groups -OCH3 is 2. The number of hydrogen-bond donors (Lipinski definition) is 0. The van der Waals surface area contributed by atoms with E-state index >= 15 is 0 Å². The van der Waals surface area contributed by atoms with Gasteiger partial charge in [0.2, 0.25) is 5.90 Å². The van der Waals surface area contributed by atoms with Gasteiger partial charge in [-0.15, -0.1) is 0 Å². The van der Waals surface area contributed by atoms with Crippen molar-refractivity contribution in [3.63, 3.8) is 0 Å². The fraction of sp³-hybridized carbons (Fsp3) is 0.111. The maximum absolute atomic E-state index is 12.2. The third-order valence-corrected chi connectivity index (χ3v) is 4.07. The van der Waals surface area contributed by atoms with Gasteiger partial charge in [-0.2, -0.15) is 0 Å². The summed E-state index contributed by atoms with van der Waals surface area (Å²) in [7, 11) is 3.09. The molecule has 2 aromatic carbocycles. The Hall–Kier alpha value is -2.50. The molecule has 0 atom stereocenters. The van der Waals surface area contributed by atoms with E-state index in [9.17, 15) is 4.79 Å². The van der Waals surface area contributed by atoms with E-state index in [1.807, 2.05) is 0 Å². The molecule has 0 radical (unpaired) electrons. The van der Waals surface area contributed by atoms with Gasteiger partial charge in [0.05, 0.1) is 24.8 Å². The van der Waals surface area contributed by atoms with Crippen LogP contribution in [0.15, 0.2) is 47.1 Å². The van der Waals surface area contributed by atoms with Crippen molar-refractivity contribution in [2.45, 2.75) is 0 Å². The van der Waals surface area contributed by atoms with Crippen LogP contribution in [0.5, 0.6) is 11.5 Å². The Morgan fingerprint density at radius 3 is 2.60 bits per heavy atom. The second-order valence-corrected chi connectivity index (χ2v) is 5.91. The summed E-state index contributed by atoms with van der Waals surface area (Å²) < 4.78 is 15.7. The number of rotatable bonds is 4. The Morgan fingerprint density at radius 1 is 1.08 bits per heavy atom. The zero-order chi connectivity index (χ0) is 18.0. The van der Waals surface area contributed by atoms with Gasteiger partial charge in [-0.3, -0.25) is 0 Å². The Balaban J connectivity index is 2.03. The molecule has 25 heavy (non-hydrogen) atoms. The van der Waals surface area contributed by atoms with Crippen LogP contribution >= 0.6 is 23.2 Å². The molecule has 0 bridgehead atoms. The van der Waals surface area contributed by atoms with Crippen LogP contribution < -0.4 is 9.47 Å². The van der Waals surface area contributed by atoms with E-state index in [0.717, 1.165) is 0 Å². The first-order valence-corrected chi connectivity index (χ1v) is 7.97. The van der Waals surface area contributed by atoms with E-state index in [2.05, 4.69) is 4.99 Å². The topological polar surface area (TPSA) is 57.1 Å². The van der Waals surface area contributed by atoms with E-state index in [4.69, 9.17) is 37.4 Å². The number of aliphatic imine (C=N–C) groups is 1. The molecule has 1 aliphatic rings. The van der Waals surface area contributed by atoms with Gasteiger partial charge in [0.25, 0.3) is 0 Å². The average molecular weight is 378 g/mol. The maximum atomic E-state index is 12.2. The minimum Gasteiger partial charge on any atom is -0.497 e. The molecule has 3 rings (SSSR count). The number of benzene rings is 2. The molecule has 1 heterocycles. The number of ether oxygens (including phenoxy) is 3. The third-order valence-electron chi connectivity index (χ3n) is 3.51. The van der Waals surface area contributed by atoms with Crippen LogP contribution in [0.3, 0.4) is 0 Å². The van der Waals surface area contributed by atoms with E-state index in [1.165, 1.54) is 7.11 Å². The second-order valence-electron chi connectivity index (χ2n) is 5.07. The van der Waals surface area contributed by atoms with Crippen molar-refractivity contribution in [3.8, 4) is 11.5 Å². The van der Waals surface area contributed by atoms with E-state index in [0.29, 0.717) is 32.7 Å². The number of carbonyl (C=O) groups excluding carboxylic acids is 1. The predicted molar refractivity (Wildman–Crippen MR) is 96.6 cm³/mol. The second kappa shape index (κ2) is 7.17. The Kier molecular flexibility index (Phi) is 4.97. The molecule has 128 valence electrons. The van der Waals surface area contributed by atoms with Gasteiger partial charge in [-0.05, 0) is 42.5 Å². The lowest BCUT2D eigenvalue weighted by Gasteiger charge is -2.07. The predicted octanol–water partition coefficient (Wildman–Crippen LogP) is 4.36. The van der Waals surface area contributed by atoms with Crippen LogP contribution in [0, 0.1) is 0 Å². The average Bonchev–Trinajstić information content (AvgIpc) is 2.97. The van der Waals surface area contributed by atoms with Crippen molar-refractivity contribution in [1.82, 2.24) is 0 Å². The lowest BCUT2D eigenvalue weighted by atomic mass is 10.1. The molecule has 0 saturated heterocycles. The molecule has 2 aromatic rings. The van der Waals surface area contributed by atoms with E-state index in [1.54, 1.807) is 49.6 Å². The van der Waals surface area contributed by atoms with Crippen molar-refractivity contribution in [3.05, 3.63) is 63.3 Å². The summed E-state index contributed by atoms with van der Waals surface area (Å²) in [5.41, 5.74) is 1.21. The number of esters is 1. The zero-order valence-corrected chi connectivity index (χ0v) is 14.9. The highest BCUT2D eigenvalue weighted by molar-refractivity contribution is 6.36. The van der Waals surface area contributed by atoms with Gasteiger partial charge in [0, 0.05) is 10.6 Å². The number of nitrogens with zero attached hydrogens (tertiary/aromatic N) is 1. The minimum atomic E-state index is -0.587. The van der Waals surface area contributed by atoms with Crippen molar-refractivity contribution < 1.29 is 19.0 Å². The molecular weight excluding hydrogens is 365 g/mol. The first-order valence-electron chi connectivity index (χ1n) is 7.22. The molecular formula is C18H13Cl2NO4. The fourth-order valence-corrected chi connectivity index (χ4v) is 2.66. The highest BCUT2D eigenvalue weighted by Crippen LogP contribution is 2.29. The molecule has 0 N–H and O–H groups in total. The molecule has 0 amide bonds. The summed E-state index contributed by atoms with van der Waals surface area (Å²) >= 11 is 12.1. The molecule has 0 aliphatic carbocycles. The maximum Gasteiger partial charge on any atom is 0.363 e. The van der Waals surface area contributed by atoms with E-state index < -0.39 is 5.97 Å². The van der Waals surface area contributed by atoms with Crippen LogP contribution in [0.2, 0.25) is 10.0 Å². The molecule has 0 saturated carbocycles. The van der Waals surface area contributed by atoms with Crippen molar-refractivity contribution >= 4 is 41.1 Å². The first kappa shape index (κ1) is 17.3. The lowest BCUT2D eigenvalue weighted by molar-refractivity contribution is -0.129. The fourth-order valence-electron chi connectivity index (χ4n) is 2.29. The lowest BCUT2D eigenvalue weighted by Crippen LogP contribution is -2.06. The highest BCUT2D eigenvalue weighted by atomic mass is 35.5. The summed E-state index contributed by atoms with van der Waals surface area (Å²) in [5.74, 6) is 0.716. The molecule has 1 aliphatic heterocycles. The van der Waals surface area contributed by atoms with Crippen LogP contribution in [-0.2, 0) is 9.53 Å². The summed E-state index contributed by atoms with van der Waals surface area (Å²) in [6, 6.07) is 10.1. The summed E-state index contributed by atoms with van der Waals surface area (Å²) in [6.45, 7) is 0. The molecule has 5 nitrogen and oxygen atoms in total. The van der Waals surface area contributed by atoms with Gasteiger partial charge in [-0.25, -0.2) is 9.79 Å². The number of cyclic esters (lactones) is 1. The summed E-state index contributed by atoms with van der Waals surface area (Å²) in [4.78, 5) is 16.4.